The Morgan fingerprint density at radius 2 is 2.18 bits per heavy atom. The number of hydrogen-bond acceptors (Lipinski definition) is 5. The van der Waals surface area contributed by atoms with Crippen LogP contribution >= 0.6 is 0 Å². The maximum atomic E-state index is 5.54. The van der Waals surface area contributed by atoms with Gasteiger partial charge in [0.05, 0.1) is 6.10 Å². The first-order valence-electron chi connectivity index (χ1n) is 5.98. The van der Waals surface area contributed by atoms with E-state index in [1.807, 2.05) is 34.0 Å². The van der Waals surface area contributed by atoms with Crippen molar-refractivity contribution >= 4 is 5.82 Å². The minimum absolute atomic E-state index is 0.132. The summed E-state index contributed by atoms with van der Waals surface area (Å²) >= 11 is 0. The Bertz CT molecular complexity index is 330. The Hall–Kier alpha value is -1.36. The van der Waals surface area contributed by atoms with E-state index >= 15 is 0 Å². The molecule has 0 radical (unpaired) electrons. The second-order valence-corrected chi connectivity index (χ2v) is 4.26. The van der Waals surface area contributed by atoms with Crippen molar-refractivity contribution in [3.63, 3.8) is 0 Å². The number of nitrogens with one attached hydrogen (secondary N) is 1. The highest BCUT2D eigenvalue weighted by Gasteiger charge is 2.05. The van der Waals surface area contributed by atoms with Gasteiger partial charge in [-0.1, -0.05) is 0 Å². The zero-order valence-electron chi connectivity index (χ0n) is 11.1. The molecule has 1 N–H and O–H groups in total. The Morgan fingerprint density at radius 1 is 1.41 bits per heavy atom. The summed E-state index contributed by atoms with van der Waals surface area (Å²) in [6.07, 6.45) is 2.76. The van der Waals surface area contributed by atoms with Crippen molar-refractivity contribution in [3.05, 3.63) is 12.4 Å². The fourth-order valence-corrected chi connectivity index (χ4v) is 1.45. The van der Waals surface area contributed by atoms with Crippen molar-refractivity contribution in [2.45, 2.75) is 26.4 Å². The van der Waals surface area contributed by atoms with Crippen LogP contribution in [0, 0.1) is 0 Å². The zero-order valence-corrected chi connectivity index (χ0v) is 11.1. The molecule has 0 unspecified atom stereocenters. The summed E-state index contributed by atoms with van der Waals surface area (Å²) in [5.74, 6) is 1.53. The van der Waals surface area contributed by atoms with Crippen molar-refractivity contribution in [2.75, 3.05) is 32.1 Å². The topological polar surface area (TPSA) is 50.3 Å². The van der Waals surface area contributed by atoms with Crippen LogP contribution in [-0.4, -0.2) is 43.3 Å². The number of rotatable bonds is 7. The Labute approximate surface area is 103 Å². The second-order valence-electron chi connectivity index (χ2n) is 4.26. The van der Waals surface area contributed by atoms with Gasteiger partial charge in [-0.25, -0.2) is 9.97 Å². The molecule has 0 aromatic carbocycles. The Morgan fingerprint density at radius 3 is 2.82 bits per heavy atom. The average Bonchev–Trinajstić information content (AvgIpc) is 2.28. The van der Waals surface area contributed by atoms with Crippen LogP contribution in [0.4, 0.5) is 5.82 Å². The van der Waals surface area contributed by atoms with Crippen LogP contribution in [0.5, 0.6) is 5.88 Å². The molecule has 0 amide bonds. The zero-order chi connectivity index (χ0) is 12.7. The lowest BCUT2D eigenvalue weighted by molar-refractivity contribution is 0.232. The van der Waals surface area contributed by atoms with Crippen molar-refractivity contribution in [3.8, 4) is 5.88 Å². The number of hydrogen-bond donors (Lipinski definition) is 1. The highest BCUT2D eigenvalue weighted by Crippen LogP contribution is 2.15. The minimum atomic E-state index is 0.132. The van der Waals surface area contributed by atoms with E-state index in [4.69, 9.17) is 4.74 Å². The molecule has 0 atom stereocenters. The van der Waals surface area contributed by atoms with Gasteiger partial charge in [0.2, 0.25) is 5.88 Å². The SMILES string of the molecule is CNCCCN(C)c1cc(OC(C)C)ncn1. The van der Waals surface area contributed by atoms with Gasteiger partial charge in [0.25, 0.3) is 0 Å². The first-order chi connectivity index (χ1) is 8.13. The first-order valence-corrected chi connectivity index (χ1v) is 5.98. The van der Waals surface area contributed by atoms with Gasteiger partial charge in [-0.05, 0) is 33.9 Å². The van der Waals surface area contributed by atoms with Gasteiger partial charge in [0, 0.05) is 19.7 Å². The fraction of sp³-hybridized carbons (Fsp3) is 0.667. The van der Waals surface area contributed by atoms with E-state index in [1.165, 1.54) is 0 Å². The Kier molecular flexibility index (Phi) is 5.69. The normalized spacial score (nSPS) is 10.6. The summed E-state index contributed by atoms with van der Waals surface area (Å²) in [5.41, 5.74) is 0. The fourth-order valence-electron chi connectivity index (χ4n) is 1.45. The smallest absolute Gasteiger partial charge is 0.218 e. The highest BCUT2D eigenvalue weighted by atomic mass is 16.5. The summed E-state index contributed by atoms with van der Waals surface area (Å²) in [6.45, 7) is 5.93. The van der Waals surface area contributed by atoms with Crippen LogP contribution in [-0.2, 0) is 0 Å². The monoisotopic (exact) mass is 238 g/mol. The van der Waals surface area contributed by atoms with E-state index in [0.29, 0.717) is 5.88 Å². The summed E-state index contributed by atoms with van der Waals surface area (Å²) < 4.78 is 5.54. The quantitative estimate of drug-likeness (QED) is 0.726. The molecular formula is C12H22N4O. The number of ether oxygens (including phenoxy) is 1. The maximum Gasteiger partial charge on any atom is 0.218 e. The molecule has 0 fully saturated rings. The molecule has 1 heterocycles. The second kappa shape index (κ2) is 7.06. The summed E-state index contributed by atoms with van der Waals surface area (Å²) in [6, 6.07) is 1.87. The van der Waals surface area contributed by atoms with Crippen molar-refractivity contribution < 1.29 is 4.74 Å². The highest BCUT2D eigenvalue weighted by molar-refractivity contribution is 5.39. The molecule has 1 aromatic rings. The standard InChI is InChI=1S/C12H22N4O/c1-10(2)17-12-8-11(14-9-15-12)16(4)7-5-6-13-3/h8-10,13H,5-7H2,1-4H3. The van der Waals surface area contributed by atoms with Gasteiger partial charge < -0.3 is 15.0 Å². The van der Waals surface area contributed by atoms with Crippen LogP contribution in [0.1, 0.15) is 20.3 Å². The lowest BCUT2D eigenvalue weighted by atomic mass is 10.4. The third-order valence-corrected chi connectivity index (χ3v) is 2.30. The third-order valence-electron chi connectivity index (χ3n) is 2.30. The van der Waals surface area contributed by atoms with Gasteiger partial charge in [-0.2, -0.15) is 0 Å². The molecule has 0 saturated heterocycles. The largest absolute Gasteiger partial charge is 0.475 e. The number of aromatic nitrogens is 2. The van der Waals surface area contributed by atoms with Gasteiger partial charge in [0.1, 0.15) is 12.1 Å². The summed E-state index contributed by atoms with van der Waals surface area (Å²) in [4.78, 5) is 10.4. The van der Waals surface area contributed by atoms with Gasteiger partial charge >= 0.3 is 0 Å². The lowest BCUT2D eigenvalue weighted by Crippen LogP contribution is -2.23. The van der Waals surface area contributed by atoms with Crippen molar-refractivity contribution in [1.29, 1.82) is 0 Å². The molecule has 0 bridgehead atoms. The molecule has 1 rings (SSSR count). The van der Waals surface area contributed by atoms with E-state index in [0.717, 1.165) is 25.3 Å². The predicted octanol–water partition coefficient (Wildman–Crippen LogP) is 1.31. The molecular weight excluding hydrogens is 216 g/mol. The maximum absolute atomic E-state index is 5.54. The Balaban J connectivity index is 2.57. The van der Waals surface area contributed by atoms with Gasteiger partial charge in [0.15, 0.2) is 0 Å². The van der Waals surface area contributed by atoms with Crippen molar-refractivity contribution in [1.82, 2.24) is 15.3 Å². The van der Waals surface area contributed by atoms with E-state index in [1.54, 1.807) is 6.33 Å². The minimum Gasteiger partial charge on any atom is -0.475 e. The summed E-state index contributed by atoms with van der Waals surface area (Å²) in [5, 5.41) is 3.13. The van der Waals surface area contributed by atoms with Crippen LogP contribution in [0.2, 0.25) is 0 Å². The average molecular weight is 238 g/mol. The number of anilines is 1. The summed E-state index contributed by atoms with van der Waals surface area (Å²) in [7, 11) is 3.98. The molecule has 1 aromatic heterocycles. The number of nitrogens with zero attached hydrogens (tertiary/aromatic N) is 3. The molecule has 5 heteroatoms. The molecule has 0 aliphatic carbocycles. The molecule has 5 nitrogen and oxygen atoms in total. The van der Waals surface area contributed by atoms with Crippen LogP contribution in [0.3, 0.4) is 0 Å². The third kappa shape index (κ3) is 4.99. The molecule has 0 saturated carbocycles. The molecule has 0 spiro atoms. The van der Waals surface area contributed by atoms with E-state index in [-0.39, 0.29) is 6.10 Å². The van der Waals surface area contributed by atoms with Crippen LogP contribution in [0.15, 0.2) is 12.4 Å². The molecule has 17 heavy (non-hydrogen) atoms. The van der Waals surface area contributed by atoms with Crippen molar-refractivity contribution in [2.24, 2.45) is 0 Å². The van der Waals surface area contributed by atoms with Gasteiger partial charge in [-0.3, -0.25) is 0 Å². The van der Waals surface area contributed by atoms with Gasteiger partial charge in [-0.15, -0.1) is 0 Å². The molecule has 0 aliphatic heterocycles. The van der Waals surface area contributed by atoms with E-state index in [2.05, 4.69) is 20.2 Å². The van der Waals surface area contributed by atoms with Crippen LogP contribution in [0.25, 0.3) is 0 Å². The predicted molar refractivity (Wildman–Crippen MR) is 69.6 cm³/mol. The van der Waals surface area contributed by atoms with E-state index in [9.17, 15) is 0 Å². The van der Waals surface area contributed by atoms with Crippen LogP contribution < -0.4 is 15.0 Å². The lowest BCUT2D eigenvalue weighted by Gasteiger charge is -2.18. The molecule has 0 aliphatic rings. The molecule has 96 valence electrons. The van der Waals surface area contributed by atoms with E-state index < -0.39 is 0 Å². The first kappa shape index (κ1) is 13.7.